The number of alkyl halides is 16. The minimum atomic E-state index is -6.99. The molecule has 1 N–H and O–H groups in total. The van der Waals surface area contributed by atoms with Crippen LogP contribution in [0, 0.1) is 0 Å². The molecule has 0 radical (unpaired) electrons. The smallest absolute Gasteiger partial charge is 0.459 e. The third-order valence-corrected chi connectivity index (χ3v) is 5.17. The molecule has 0 aromatic heterocycles. The molecule has 226 valence electrons. The van der Waals surface area contributed by atoms with Crippen LogP contribution >= 0.6 is 0 Å². The van der Waals surface area contributed by atoms with E-state index in [0.717, 1.165) is 0 Å². The monoisotopic (exact) mass is 649 g/mol. The van der Waals surface area contributed by atoms with Gasteiger partial charge in [0.2, 0.25) is 0 Å². The maximum Gasteiger partial charge on any atom is 1.00 e. The van der Waals surface area contributed by atoms with E-state index in [4.69, 9.17) is 4.55 Å². The van der Waals surface area contributed by atoms with Gasteiger partial charge in [-0.2, -0.15) is 61.1 Å². The van der Waals surface area contributed by atoms with Gasteiger partial charge in [0.1, 0.15) is 0 Å². The predicted molar refractivity (Wildman–Crippen MR) is 83.6 cm³/mol. The van der Waals surface area contributed by atoms with Crippen molar-refractivity contribution in [3.63, 3.8) is 0 Å². The van der Waals surface area contributed by atoms with Gasteiger partial charge in [0.25, 0.3) is 10.1 Å². The Morgan fingerprint density at radius 2 is 0.974 bits per heavy atom. The predicted octanol–water partition coefficient (Wildman–Crippen LogP) is 1.07. The van der Waals surface area contributed by atoms with E-state index >= 15 is 0 Å². The molecule has 0 aromatic rings. The van der Waals surface area contributed by atoms with E-state index in [2.05, 4.69) is 9.47 Å². The second kappa shape index (κ2) is 12.7. The molecule has 25 heteroatoms. The number of hydrogen-bond acceptors (Lipinski definition) is 6. The fourth-order valence-electron chi connectivity index (χ4n) is 1.89. The van der Waals surface area contributed by atoms with Crippen molar-refractivity contribution in [2.45, 2.75) is 60.1 Å². The van der Waals surface area contributed by atoms with Crippen LogP contribution < -0.4 is 29.6 Å². The van der Waals surface area contributed by atoms with Crippen molar-refractivity contribution in [2.24, 2.45) is 0 Å². The first-order valence-electron chi connectivity index (χ1n) is 8.62. The Labute approximate surface area is 227 Å². The molecule has 39 heavy (non-hydrogen) atoms. The van der Waals surface area contributed by atoms with Gasteiger partial charge in [-0.15, -0.1) is 0 Å². The molecule has 0 amide bonds. The average Bonchev–Trinajstić information content (AvgIpc) is 2.72. The van der Waals surface area contributed by atoms with Gasteiger partial charge in [-0.25, -0.2) is 17.6 Å². The van der Waals surface area contributed by atoms with Crippen LogP contribution in [-0.4, -0.2) is 91.8 Å². The van der Waals surface area contributed by atoms with Gasteiger partial charge >= 0.3 is 89.9 Å². The second-order valence-electron chi connectivity index (χ2n) is 6.88. The Balaban J connectivity index is 0. The van der Waals surface area contributed by atoms with Crippen LogP contribution in [0.15, 0.2) is 0 Å². The summed E-state index contributed by atoms with van der Waals surface area (Å²) in [5, 5.41) is -3.66. The fraction of sp³-hybridized carbons (Fsp3) is 0.857. The molecule has 7 nitrogen and oxygen atoms in total. The maximum atomic E-state index is 13.3. The van der Waals surface area contributed by atoms with Gasteiger partial charge in [-0.05, 0) is 0 Å². The molecular formula is C14H10F16NaO7S+. The molecule has 0 bridgehead atoms. The van der Waals surface area contributed by atoms with E-state index in [0.29, 0.717) is 0 Å². The van der Waals surface area contributed by atoms with Crippen LogP contribution in [0.5, 0.6) is 0 Å². The van der Waals surface area contributed by atoms with Crippen molar-refractivity contribution >= 4 is 22.1 Å². The number of carbonyl (C=O) groups excluding carboxylic acids is 2. The topological polar surface area (TPSA) is 107 Å². The zero-order valence-electron chi connectivity index (χ0n) is 18.2. The Morgan fingerprint density at radius 3 is 1.26 bits per heavy atom. The first-order valence-corrected chi connectivity index (χ1v) is 10.1. The third kappa shape index (κ3) is 8.38. The largest absolute Gasteiger partial charge is 1.00 e. The van der Waals surface area contributed by atoms with Crippen LogP contribution in [0.1, 0.15) is 6.42 Å². The van der Waals surface area contributed by atoms with Crippen LogP contribution in [0.4, 0.5) is 70.2 Å². The van der Waals surface area contributed by atoms with Crippen molar-refractivity contribution < 1.29 is 132 Å². The molecule has 0 aliphatic carbocycles. The Morgan fingerprint density at radius 1 is 0.667 bits per heavy atom. The van der Waals surface area contributed by atoms with Gasteiger partial charge < -0.3 is 9.47 Å². The third-order valence-electron chi connectivity index (χ3n) is 4.09. The molecule has 0 spiro atoms. The van der Waals surface area contributed by atoms with Crippen LogP contribution in [-0.2, 0) is 29.2 Å². The number of halogens is 16. The number of hydrogen-bond donors (Lipinski definition) is 1. The molecule has 0 aromatic carbocycles. The van der Waals surface area contributed by atoms with Crippen LogP contribution in [0.25, 0.3) is 0 Å². The summed E-state index contributed by atoms with van der Waals surface area (Å²) in [6, 6.07) is 0. The van der Waals surface area contributed by atoms with Crippen molar-refractivity contribution in [2.75, 3.05) is 13.2 Å². The molecule has 0 rings (SSSR count). The van der Waals surface area contributed by atoms with E-state index in [-0.39, 0.29) is 29.6 Å². The summed E-state index contributed by atoms with van der Waals surface area (Å²) in [6.45, 7) is -6.57. The first kappa shape index (κ1) is 39.9. The summed E-state index contributed by atoms with van der Waals surface area (Å²) in [4.78, 5) is 22.9. The number of rotatable bonds is 14. The van der Waals surface area contributed by atoms with Gasteiger partial charge in [-0.1, -0.05) is 0 Å². The Bertz CT molecular complexity index is 972. The molecule has 1 unspecified atom stereocenters. The van der Waals surface area contributed by atoms with E-state index < -0.39 is 95.3 Å². The molecule has 0 aliphatic rings. The summed E-state index contributed by atoms with van der Waals surface area (Å²) in [5.41, 5.74) is 0. The molecule has 0 aliphatic heterocycles. The van der Waals surface area contributed by atoms with Gasteiger partial charge in [0, 0.05) is 0 Å². The summed E-state index contributed by atoms with van der Waals surface area (Å²) in [5.74, 6) is -45.8. The number of carbonyl (C=O) groups is 2. The Hall–Kier alpha value is -1.27. The van der Waals surface area contributed by atoms with Crippen LogP contribution in [0.3, 0.4) is 0 Å². The van der Waals surface area contributed by atoms with E-state index in [1.165, 1.54) is 0 Å². The van der Waals surface area contributed by atoms with E-state index in [1.54, 1.807) is 0 Å². The van der Waals surface area contributed by atoms with Crippen molar-refractivity contribution in [3.8, 4) is 0 Å². The maximum absolute atomic E-state index is 13.3. The molecule has 0 saturated carbocycles. The summed E-state index contributed by atoms with van der Waals surface area (Å²) >= 11 is 0. The average molecular weight is 649 g/mol. The molecule has 1 atom stereocenters. The van der Waals surface area contributed by atoms with Gasteiger partial charge in [0.15, 0.2) is 18.5 Å². The standard InChI is InChI=1S/C14H10F16O7S.Na/c15-7(16)11(23,24)13(27,28)9(19,20)2-36-5(31)1-4(38(33,34)35)6(32)37-3-10(21,22)14(29,30)12(25,26)8(17)18;/h4,7-8H,1-3H2,(H,33,34,35);/q;+1. The second-order valence-corrected chi connectivity index (χ2v) is 8.48. The van der Waals surface area contributed by atoms with E-state index in [1.807, 2.05) is 0 Å². The number of ether oxygens (including phenoxy) is 2. The van der Waals surface area contributed by atoms with Gasteiger partial charge in [-0.3, -0.25) is 14.1 Å². The zero-order chi connectivity index (χ0) is 30.9. The Kier molecular flexibility index (Phi) is 13.0. The quantitative estimate of drug-likeness (QED) is 0.130. The normalized spacial score (nSPS) is 15.2. The zero-order valence-corrected chi connectivity index (χ0v) is 21.0. The summed E-state index contributed by atoms with van der Waals surface area (Å²) in [7, 11) is -6.15. The number of esters is 2. The van der Waals surface area contributed by atoms with Crippen molar-refractivity contribution in [3.05, 3.63) is 0 Å². The molecule has 0 saturated heterocycles. The molecule has 0 fully saturated rings. The van der Waals surface area contributed by atoms with E-state index in [9.17, 15) is 88.3 Å². The minimum absolute atomic E-state index is 0. The minimum Gasteiger partial charge on any atom is -0.459 e. The van der Waals surface area contributed by atoms with Gasteiger partial charge in [0.05, 0.1) is 6.42 Å². The van der Waals surface area contributed by atoms with Crippen LogP contribution in [0.2, 0.25) is 0 Å². The molecular weight excluding hydrogens is 639 g/mol. The fourth-order valence-corrected chi connectivity index (χ4v) is 2.55. The summed E-state index contributed by atoms with van der Waals surface area (Å²) in [6.07, 6.45) is -13.3. The van der Waals surface area contributed by atoms with Crippen molar-refractivity contribution in [1.82, 2.24) is 0 Å². The van der Waals surface area contributed by atoms with Crippen molar-refractivity contribution in [1.29, 1.82) is 0 Å². The SMILES string of the molecule is O=C(CC(C(=O)OCC(F)(F)C(F)(F)C(F)(F)C(F)F)S(=O)(=O)O)OCC(F)(F)C(F)(F)C(F)(F)C(F)F.[Na+]. The molecule has 0 heterocycles. The summed E-state index contributed by atoms with van der Waals surface area (Å²) < 4.78 is 242. The first-order chi connectivity index (χ1) is 16.5.